The van der Waals surface area contributed by atoms with Crippen molar-refractivity contribution in [1.29, 1.82) is 5.26 Å². The van der Waals surface area contributed by atoms with Crippen molar-refractivity contribution in [1.82, 2.24) is 10.2 Å². The molecule has 0 saturated carbocycles. The number of urea groups is 1. The fourth-order valence-corrected chi connectivity index (χ4v) is 3.21. The van der Waals surface area contributed by atoms with Gasteiger partial charge in [-0.05, 0) is 41.8 Å². The number of amides is 3. The van der Waals surface area contributed by atoms with Crippen LogP contribution in [0.3, 0.4) is 0 Å². The smallest absolute Gasteiger partial charge is 0.325 e. The maximum Gasteiger partial charge on any atom is 0.325 e. The fraction of sp³-hybridized carbons (Fsp3) is 0.250. The van der Waals surface area contributed by atoms with E-state index in [1.54, 1.807) is 55.6 Å². The van der Waals surface area contributed by atoms with Crippen molar-refractivity contribution in [3.05, 3.63) is 65.2 Å². The molecule has 1 aliphatic rings. The minimum atomic E-state index is -1.09. The van der Waals surface area contributed by atoms with Gasteiger partial charge < -0.3 is 10.1 Å². The number of ether oxygens (including phenoxy) is 1. The van der Waals surface area contributed by atoms with E-state index in [2.05, 4.69) is 11.4 Å². The molecular weight excluding hydrogens is 330 g/mol. The maximum atomic E-state index is 13.1. The van der Waals surface area contributed by atoms with Crippen LogP contribution in [0, 0.1) is 11.3 Å². The van der Waals surface area contributed by atoms with Gasteiger partial charge in [-0.3, -0.25) is 9.69 Å². The van der Waals surface area contributed by atoms with E-state index in [0.717, 1.165) is 5.56 Å². The van der Waals surface area contributed by atoms with E-state index in [0.29, 0.717) is 23.3 Å². The number of hydrogen-bond acceptors (Lipinski definition) is 4. The highest BCUT2D eigenvalue weighted by molar-refractivity contribution is 6.07. The third-order valence-electron chi connectivity index (χ3n) is 4.69. The minimum Gasteiger partial charge on any atom is -0.497 e. The van der Waals surface area contributed by atoms with Crippen LogP contribution < -0.4 is 10.1 Å². The summed E-state index contributed by atoms with van der Waals surface area (Å²) in [5.41, 5.74) is 0.851. The van der Waals surface area contributed by atoms with E-state index in [1.165, 1.54) is 4.90 Å². The van der Waals surface area contributed by atoms with Crippen molar-refractivity contribution < 1.29 is 14.3 Å². The highest BCUT2D eigenvalue weighted by Gasteiger charge is 2.51. The first-order valence-corrected chi connectivity index (χ1v) is 8.31. The molecule has 6 heteroatoms. The van der Waals surface area contributed by atoms with Crippen molar-refractivity contribution in [2.24, 2.45) is 0 Å². The Morgan fingerprint density at radius 3 is 2.54 bits per heavy atom. The van der Waals surface area contributed by atoms with Gasteiger partial charge in [-0.1, -0.05) is 31.2 Å². The predicted molar refractivity (Wildman–Crippen MR) is 95.2 cm³/mol. The predicted octanol–water partition coefficient (Wildman–Crippen LogP) is 2.92. The Bertz CT molecular complexity index is 886. The molecule has 1 N–H and O–H groups in total. The molecule has 3 rings (SSSR count). The van der Waals surface area contributed by atoms with Gasteiger partial charge >= 0.3 is 6.03 Å². The molecule has 0 aliphatic carbocycles. The number of benzene rings is 2. The lowest BCUT2D eigenvalue weighted by molar-refractivity contribution is -0.132. The number of nitriles is 1. The van der Waals surface area contributed by atoms with Gasteiger partial charge in [0.1, 0.15) is 11.3 Å². The largest absolute Gasteiger partial charge is 0.497 e. The summed E-state index contributed by atoms with van der Waals surface area (Å²) < 4.78 is 5.16. The minimum absolute atomic E-state index is 0.123. The molecule has 132 valence electrons. The first kappa shape index (κ1) is 17.5. The first-order chi connectivity index (χ1) is 12.5. The van der Waals surface area contributed by atoms with E-state index in [4.69, 9.17) is 10.00 Å². The molecule has 0 aromatic heterocycles. The zero-order valence-corrected chi connectivity index (χ0v) is 14.7. The van der Waals surface area contributed by atoms with Crippen LogP contribution in [0.2, 0.25) is 0 Å². The molecule has 0 radical (unpaired) electrons. The van der Waals surface area contributed by atoms with Gasteiger partial charge in [-0.2, -0.15) is 5.26 Å². The second-order valence-electron chi connectivity index (χ2n) is 6.12. The van der Waals surface area contributed by atoms with Crippen LogP contribution in [0.5, 0.6) is 5.75 Å². The number of methoxy groups -OCH3 is 1. The Morgan fingerprint density at radius 2 is 1.92 bits per heavy atom. The summed E-state index contributed by atoms with van der Waals surface area (Å²) in [5, 5.41) is 11.9. The van der Waals surface area contributed by atoms with Crippen LogP contribution in [0.15, 0.2) is 48.5 Å². The van der Waals surface area contributed by atoms with E-state index in [1.807, 2.05) is 6.92 Å². The molecule has 2 aromatic rings. The Hall–Kier alpha value is -3.33. The standard InChI is InChI=1S/C20H19N3O3/c1-3-20(16-7-9-17(26-2)10-8-16)18(24)23(19(25)22-20)13-15-6-4-5-14(11-15)12-21/h4-11H,3,13H2,1-2H3,(H,22,25)/t20-/m1/s1. The van der Waals surface area contributed by atoms with Gasteiger partial charge in [-0.25, -0.2) is 4.79 Å². The fourth-order valence-electron chi connectivity index (χ4n) is 3.21. The molecule has 1 heterocycles. The average molecular weight is 349 g/mol. The quantitative estimate of drug-likeness (QED) is 0.842. The summed E-state index contributed by atoms with van der Waals surface area (Å²) in [4.78, 5) is 26.8. The van der Waals surface area contributed by atoms with Crippen molar-refractivity contribution in [3.63, 3.8) is 0 Å². The van der Waals surface area contributed by atoms with Gasteiger partial charge in [0.25, 0.3) is 5.91 Å². The third-order valence-corrected chi connectivity index (χ3v) is 4.69. The SMILES string of the molecule is CC[C@]1(c2ccc(OC)cc2)NC(=O)N(Cc2cccc(C#N)c2)C1=O. The summed E-state index contributed by atoms with van der Waals surface area (Å²) in [6, 6.07) is 15.6. The molecule has 1 fully saturated rings. The number of carbonyl (C=O) groups is 2. The van der Waals surface area contributed by atoms with Gasteiger partial charge in [0.2, 0.25) is 0 Å². The Labute approximate surface area is 152 Å². The zero-order chi connectivity index (χ0) is 18.7. The van der Waals surface area contributed by atoms with Crippen LogP contribution in [0.4, 0.5) is 4.79 Å². The number of hydrogen-bond donors (Lipinski definition) is 1. The van der Waals surface area contributed by atoms with Crippen LogP contribution >= 0.6 is 0 Å². The summed E-state index contributed by atoms with van der Waals surface area (Å²) in [6.07, 6.45) is 0.429. The van der Waals surface area contributed by atoms with E-state index >= 15 is 0 Å². The Morgan fingerprint density at radius 1 is 1.19 bits per heavy atom. The van der Waals surface area contributed by atoms with Gasteiger partial charge in [-0.15, -0.1) is 0 Å². The van der Waals surface area contributed by atoms with E-state index < -0.39 is 11.6 Å². The molecule has 6 nitrogen and oxygen atoms in total. The summed E-state index contributed by atoms with van der Waals surface area (Å²) in [7, 11) is 1.57. The molecule has 0 unspecified atom stereocenters. The number of nitrogens with one attached hydrogen (secondary N) is 1. The van der Waals surface area contributed by atoms with Gasteiger partial charge in [0.05, 0.1) is 25.3 Å². The molecule has 2 aromatic carbocycles. The molecule has 26 heavy (non-hydrogen) atoms. The monoisotopic (exact) mass is 349 g/mol. The average Bonchev–Trinajstić information content (AvgIpc) is 2.93. The lowest BCUT2D eigenvalue weighted by Crippen LogP contribution is -2.43. The molecule has 1 aliphatic heterocycles. The lowest BCUT2D eigenvalue weighted by atomic mass is 9.87. The summed E-state index contributed by atoms with van der Waals surface area (Å²) >= 11 is 0. The third kappa shape index (κ3) is 2.88. The van der Waals surface area contributed by atoms with Crippen molar-refractivity contribution in [3.8, 4) is 11.8 Å². The second-order valence-corrected chi connectivity index (χ2v) is 6.12. The molecule has 1 atom stereocenters. The highest BCUT2D eigenvalue weighted by atomic mass is 16.5. The van der Waals surface area contributed by atoms with E-state index in [9.17, 15) is 9.59 Å². The molecule has 0 bridgehead atoms. The van der Waals surface area contributed by atoms with Crippen LogP contribution in [0.25, 0.3) is 0 Å². The zero-order valence-electron chi connectivity index (χ0n) is 14.7. The topological polar surface area (TPSA) is 82.4 Å². The Kier molecular flexibility index (Phi) is 4.63. The number of nitrogens with zero attached hydrogens (tertiary/aromatic N) is 2. The Balaban J connectivity index is 1.91. The maximum absolute atomic E-state index is 13.1. The summed E-state index contributed by atoms with van der Waals surface area (Å²) in [6.45, 7) is 1.99. The van der Waals surface area contributed by atoms with Crippen molar-refractivity contribution >= 4 is 11.9 Å². The lowest BCUT2D eigenvalue weighted by Gasteiger charge is -2.26. The second kappa shape index (κ2) is 6.89. The van der Waals surface area contributed by atoms with Crippen LogP contribution in [-0.2, 0) is 16.9 Å². The normalized spacial score (nSPS) is 19.2. The molecule has 0 spiro atoms. The summed E-state index contributed by atoms with van der Waals surface area (Å²) in [5.74, 6) is 0.388. The van der Waals surface area contributed by atoms with Gasteiger partial charge in [0.15, 0.2) is 0 Å². The van der Waals surface area contributed by atoms with E-state index in [-0.39, 0.29) is 12.5 Å². The molecule has 3 amide bonds. The van der Waals surface area contributed by atoms with Gasteiger partial charge in [0, 0.05) is 0 Å². The highest BCUT2D eigenvalue weighted by Crippen LogP contribution is 2.34. The number of carbonyl (C=O) groups excluding carboxylic acids is 2. The van der Waals surface area contributed by atoms with Crippen molar-refractivity contribution in [2.45, 2.75) is 25.4 Å². The number of rotatable bonds is 5. The van der Waals surface area contributed by atoms with Crippen LogP contribution in [-0.4, -0.2) is 23.9 Å². The number of imide groups is 1. The first-order valence-electron chi connectivity index (χ1n) is 8.31. The molecule has 1 saturated heterocycles. The van der Waals surface area contributed by atoms with Crippen LogP contribution in [0.1, 0.15) is 30.0 Å². The van der Waals surface area contributed by atoms with Crippen molar-refractivity contribution in [2.75, 3.05) is 7.11 Å². The molecular formula is C20H19N3O3.